The van der Waals surface area contributed by atoms with E-state index in [9.17, 15) is 8.78 Å². The molecule has 27 heavy (non-hydrogen) atoms. The molecule has 0 radical (unpaired) electrons. The van der Waals surface area contributed by atoms with Crippen LogP contribution in [0, 0.1) is 11.6 Å². The number of likely N-dealkylation sites (tertiary alicyclic amines) is 1. The molecule has 3 aromatic rings. The van der Waals surface area contributed by atoms with E-state index in [4.69, 9.17) is 4.52 Å². The Labute approximate surface area is 156 Å². The summed E-state index contributed by atoms with van der Waals surface area (Å²) in [7, 11) is 0. The Morgan fingerprint density at radius 1 is 1.15 bits per heavy atom. The molecule has 0 bridgehead atoms. The minimum atomic E-state index is -0.553. The van der Waals surface area contributed by atoms with Crippen molar-refractivity contribution < 1.29 is 13.3 Å². The highest BCUT2D eigenvalue weighted by Gasteiger charge is 2.29. The first kappa shape index (κ1) is 17.7. The van der Waals surface area contributed by atoms with Crippen LogP contribution in [0.4, 0.5) is 8.78 Å². The van der Waals surface area contributed by atoms with Crippen LogP contribution in [-0.2, 0) is 0 Å². The second kappa shape index (κ2) is 7.52. The van der Waals surface area contributed by atoms with Gasteiger partial charge in [-0.3, -0.25) is 9.88 Å². The van der Waals surface area contributed by atoms with E-state index in [1.54, 1.807) is 6.20 Å². The van der Waals surface area contributed by atoms with Crippen molar-refractivity contribution in [2.75, 3.05) is 13.1 Å². The molecular weight excluding hydrogens is 350 g/mol. The van der Waals surface area contributed by atoms with E-state index in [-0.39, 0.29) is 12.0 Å². The van der Waals surface area contributed by atoms with Crippen molar-refractivity contribution in [1.29, 1.82) is 0 Å². The van der Waals surface area contributed by atoms with Crippen LogP contribution >= 0.6 is 0 Å². The zero-order valence-electron chi connectivity index (χ0n) is 15.0. The quantitative estimate of drug-likeness (QED) is 0.683. The molecule has 0 saturated carbocycles. The highest BCUT2D eigenvalue weighted by Crippen LogP contribution is 2.33. The van der Waals surface area contributed by atoms with Gasteiger partial charge in [0.1, 0.15) is 17.3 Å². The minimum absolute atomic E-state index is 0.113. The molecule has 1 aromatic carbocycles. The maximum Gasteiger partial charge on any atom is 0.230 e. The number of hydrogen-bond acceptors (Lipinski definition) is 5. The number of nitrogens with zero attached hydrogens (tertiary/aromatic N) is 4. The van der Waals surface area contributed by atoms with E-state index in [1.165, 1.54) is 12.1 Å². The molecule has 4 rings (SSSR count). The summed E-state index contributed by atoms with van der Waals surface area (Å²) < 4.78 is 32.6. The fourth-order valence-electron chi connectivity index (χ4n) is 3.57. The van der Waals surface area contributed by atoms with Gasteiger partial charge in [-0.2, -0.15) is 4.98 Å². The van der Waals surface area contributed by atoms with Gasteiger partial charge in [0.05, 0.1) is 0 Å². The fourth-order valence-corrected chi connectivity index (χ4v) is 3.57. The lowest BCUT2D eigenvalue weighted by molar-refractivity contribution is 0.149. The Balaban J connectivity index is 1.41. The molecule has 1 fully saturated rings. The minimum Gasteiger partial charge on any atom is -0.339 e. The van der Waals surface area contributed by atoms with Gasteiger partial charge >= 0.3 is 0 Å². The number of piperidine rings is 1. The molecule has 7 heteroatoms. The number of benzene rings is 1. The monoisotopic (exact) mass is 370 g/mol. The standard InChI is InChI=1S/C20H20F2N4O/c1-13(16-6-5-15(21)12-17(16)22)26-10-7-14(8-11-26)20-24-19(25-27-20)18-4-2-3-9-23-18/h2-6,9,12-14H,7-8,10-11H2,1H3/t13-/m0/s1. The second-order valence-corrected chi connectivity index (χ2v) is 6.82. The van der Waals surface area contributed by atoms with Crippen molar-refractivity contribution in [3.63, 3.8) is 0 Å². The van der Waals surface area contributed by atoms with Gasteiger partial charge in [0, 0.05) is 29.8 Å². The summed E-state index contributed by atoms with van der Waals surface area (Å²) in [6.45, 7) is 3.51. The van der Waals surface area contributed by atoms with Crippen LogP contribution in [0.25, 0.3) is 11.5 Å². The Morgan fingerprint density at radius 2 is 1.96 bits per heavy atom. The summed E-state index contributed by atoms with van der Waals surface area (Å²) in [6.07, 6.45) is 3.38. The summed E-state index contributed by atoms with van der Waals surface area (Å²) in [6, 6.07) is 9.22. The third-order valence-electron chi connectivity index (χ3n) is 5.17. The van der Waals surface area contributed by atoms with Crippen LogP contribution < -0.4 is 0 Å². The molecule has 2 aromatic heterocycles. The van der Waals surface area contributed by atoms with Crippen molar-refractivity contribution in [1.82, 2.24) is 20.0 Å². The SMILES string of the molecule is C[C@@H](c1ccc(F)cc1F)N1CCC(c2nc(-c3ccccn3)no2)CC1. The summed E-state index contributed by atoms with van der Waals surface area (Å²) in [5.41, 5.74) is 1.20. The van der Waals surface area contributed by atoms with E-state index in [0.29, 0.717) is 23.0 Å². The van der Waals surface area contributed by atoms with Crippen molar-refractivity contribution in [3.05, 3.63) is 65.7 Å². The molecule has 0 unspecified atom stereocenters. The third kappa shape index (κ3) is 3.73. The van der Waals surface area contributed by atoms with Gasteiger partial charge in [-0.15, -0.1) is 0 Å². The third-order valence-corrected chi connectivity index (χ3v) is 5.17. The predicted molar refractivity (Wildman–Crippen MR) is 95.9 cm³/mol. The lowest BCUT2D eigenvalue weighted by atomic mass is 9.94. The van der Waals surface area contributed by atoms with Gasteiger partial charge in [0.2, 0.25) is 11.7 Å². The first-order valence-corrected chi connectivity index (χ1v) is 9.06. The van der Waals surface area contributed by atoms with Gasteiger partial charge in [-0.1, -0.05) is 17.3 Å². The Morgan fingerprint density at radius 3 is 2.67 bits per heavy atom. The number of hydrogen-bond donors (Lipinski definition) is 0. The molecule has 0 spiro atoms. The zero-order chi connectivity index (χ0) is 18.8. The average molecular weight is 370 g/mol. The number of pyridine rings is 1. The summed E-state index contributed by atoms with van der Waals surface area (Å²) in [4.78, 5) is 10.9. The van der Waals surface area contributed by atoms with Crippen molar-refractivity contribution in [2.45, 2.75) is 31.7 Å². The zero-order valence-corrected chi connectivity index (χ0v) is 15.0. The molecule has 0 amide bonds. The highest BCUT2D eigenvalue weighted by atomic mass is 19.1. The van der Waals surface area contributed by atoms with Gasteiger partial charge in [-0.25, -0.2) is 8.78 Å². The van der Waals surface area contributed by atoms with E-state index >= 15 is 0 Å². The highest BCUT2D eigenvalue weighted by molar-refractivity contribution is 5.47. The van der Waals surface area contributed by atoms with Crippen LogP contribution in [0.5, 0.6) is 0 Å². The summed E-state index contributed by atoms with van der Waals surface area (Å²) >= 11 is 0. The maximum absolute atomic E-state index is 14.1. The summed E-state index contributed by atoms with van der Waals surface area (Å²) in [5, 5.41) is 4.04. The Bertz CT molecular complexity index is 907. The Hall–Kier alpha value is -2.67. The molecule has 1 saturated heterocycles. The van der Waals surface area contributed by atoms with E-state index in [2.05, 4.69) is 20.0 Å². The van der Waals surface area contributed by atoms with E-state index < -0.39 is 11.6 Å². The van der Waals surface area contributed by atoms with Crippen molar-refractivity contribution in [3.8, 4) is 11.5 Å². The van der Waals surface area contributed by atoms with Crippen LogP contribution in [-0.4, -0.2) is 33.1 Å². The molecule has 140 valence electrons. The van der Waals surface area contributed by atoms with Crippen molar-refractivity contribution in [2.24, 2.45) is 0 Å². The second-order valence-electron chi connectivity index (χ2n) is 6.82. The normalized spacial score (nSPS) is 17.1. The number of halogens is 2. The predicted octanol–water partition coefficient (Wildman–Crippen LogP) is 4.35. The van der Waals surface area contributed by atoms with E-state index in [0.717, 1.165) is 32.0 Å². The van der Waals surface area contributed by atoms with E-state index in [1.807, 2.05) is 25.1 Å². The molecular formula is C20H20F2N4O. The first-order valence-electron chi connectivity index (χ1n) is 9.06. The molecule has 0 aliphatic carbocycles. The van der Waals surface area contributed by atoms with Gasteiger partial charge < -0.3 is 4.52 Å². The lowest BCUT2D eigenvalue weighted by Crippen LogP contribution is -2.35. The molecule has 1 aliphatic heterocycles. The lowest BCUT2D eigenvalue weighted by Gasteiger charge is -2.35. The maximum atomic E-state index is 14.1. The fraction of sp³-hybridized carbons (Fsp3) is 0.350. The van der Waals surface area contributed by atoms with Gasteiger partial charge in [-0.05, 0) is 51.1 Å². The molecule has 1 aliphatic rings. The first-order chi connectivity index (χ1) is 13.1. The molecule has 1 atom stereocenters. The largest absolute Gasteiger partial charge is 0.339 e. The van der Waals surface area contributed by atoms with Gasteiger partial charge in [0.15, 0.2) is 0 Å². The summed E-state index contributed by atoms with van der Waals surface area (Å²) in [5.74, 6) is 0.242. The number of rotatable bonds is 4. The van der Waals surface area contributed by atoms with Crippen LogP contribution in [0.2, 0.25) is 0 Å². The smallest absolute Gasteiger partial charge is 0.230 e. The van der Waals surface area contributed by atoms with Gasteiger partial charge in [0.25, 0.3) is 0 Å². The van der Waals surface area contributed by atoms with Crippen molar-refractivity contribution >= 4 is 0 Å². The topological polar surface area (TPSA) is 55.1 Å². The Kier molecular flexibility index (Phi) is 4.94. The van der Waals surface area contributed by atoms with Crippen LogP contribution in [0.1, 0.15) is 43.2 Å². The number of aromatic nitrogens is 3. The molecule has 5 nitrogen and oxygen atoms in total. The van der Waals surface area contributed by atoms with Crippen LogP contribution in [0.15, 0.2) is 47.1 Å². The molecule has 3 heterocycles. The average Bonchev–Trinajstić information content (AvgIpc) is 3.19. The van der Waals surface area contributed by atoms with Crippen LogP contribution in [0.3, 0.4) is 0 Å². The molecule has 0 N–H and O–H groups in total.